The van der Waals surface area contributed by atoms with Gasteiger partial charge in [-0.05, 0) is 26.0 Å². The molecule has 1 atom stereocenters. The van der Waals surface area contributed by atoms with E-state index in [1.807, 2.05) is 16.9 Å². The average molecular weight is 264 g/mol. The van der Waals surface area contributed by atoms with Gasteiger partial charge in [0.05, 0.1) is 11.4 Å². The lowest BCUT2D eigenvalue weighted by Crippen LogP contribution is -2.17. The summed E-state index contributed by atoms with van der Waals surface area (Å²) in [5, 5.41) is 10.9. The maximum atomic E-state index is 4.71. The molecule has 0 aliphatic heterocycles. The first-order valence-corrected chi connectivity index (χ1v) is 7.35. The Labute approximate surface area is 112 Å². The monoisotopic (exact) mass is 264 g/mol. The van der Waals surface area contributed by atoms with Gasteiger partial charge in [-0.1, -0.05) is 13.8 Å². The molecule has 1 unspecified atom stereocenters. The van der Waals surface area contributed by atoms with E-state index in [4.69, 9.17) is 4.98 Å². The van der Waals surface area contributed by atoms with E-state index in [2.05, 4.69) is 36.6 Å². The zero-order chi connectivity index (χ0) is 13.0. The Morgan fingerprint density at radius 1 is 1.44 bits per heavy atom. The highest BCUT2D eigenvalue weighted by Gasteiger charge is 2.12. The summed E-state index contributed by atoms with van der Waals surface area (Å²) in [5.41, 5.74) is 2.23. The van der Waals surface area contributed by atoms with Crippen molar-refractivity contribution in [2.45, 2.75) is 39.8 Å². The van der Waals surface area contributed by atoms with Gasteiger partial charge in [0, 0.05) is 24.2 Å². The molecule has 0 aliphatic rings. The number of nitrogens with zero attached hydrogens (tertiary/aromatic N) is 3. The molecule has 0 bridgehead atoms. The van der Waals surface area contributed by atoms with E-state index in [-0.39, 0.29) is 0 Å². The second-order valence-corrected chi connectivity index (χ2v) is 5.15. The molecule has 4 nitrogen and oxygen atoms in total. The average Bonchev–Trinajstić information content (AvgIpc) is 2.97. The third-order valence-corrected chi connectivity index (χ3v) is 3.73. The van der Waals surface area contributed by atoms with Crippen molar-refractivity contribution in [1.82, 2.24) is 20.1 Å². The van der Waals surface area contributed by atoms with Crippen LogP contribution in [0.3, 0.4) is 0 Å². The highest BCUT2D eigenvalue weighted by Crippen LogP contribution is 2.26. The van der Waals surface area contributed by atoms with Crippen LogP contribution in [0.2, 0.25) is 0 Å². The zero-order valence-corrected chi connectivity index (χ0v) is 12.0. The van der Waals surface area contributed by atoms with Crippen molar-refractivity contribution in [1.29, 1.82) is 0 Å². The molecule has 0 radical (unpaired) electrons. The van der Waals surface area contributed by atoms with Crippen molar-refractivity contribution >= 4 is 11.3 Å². The summed E-state index contributed by atoms with van der Waals surface area (Å²) in [4.78, 5) is 4.71. The fraction of sp³-hybridized carbons (Fsp3) is 0.538. The summed E-state index contributed by atoms with van der Waals surface area (Å²) in [7, 11) is 0. The molecule has 0 spiro atoms. The molecule has 0 saturated carbocycles. The molecule has 2 aromatic heterocycles. The van der Waals surface area contributed by atoms with Crippen molar-refractivity contribution in [3.63, 3.8) is 0 Å². The first-order chi connectivity index (χ1) is 8.76. The molecule has 0 saturated heterocycles. The first-order valence-electron chi connectivity index (χ1n) is 6.47. The van der Waals surface area contributed by atoms with Crippen molar-refractivity contribution in [2.24, 2.45) is 0 Å². The van der Waals surface area contributed by atoms with Gasteiger partial charge in [-0.3, -0.25) is 4.68 Å². The topological polar surface area (TPSA) is 42.7 Å². The van der Waals surface area contributed by atoms with Gasteiger partial charge in [-0.15, -0.1) is 11.3 Å². The Morgan fingerprint density at radius 3 is 3.00 bits per heavy atom. The minimum atomic E-state index is 0.308. The van der Waals surface area contributed by atoms with Crippen LogP contribution in [-0.4, -0.2) is 21.3 Å². The molecule has 5 heteroatoms. The van der Waals surface area contributed by atoms with Gasteiger partial charge in [0.2, 0.25) is 0 Å². The highest BCUT2D eigenvalue weighted by atomic mass is 32.1. The molecule has 0 amide bonds. The van der Waals surface area contributed by atoms with Gasteiger partial charge < -0.3 is 5.32 Å². The van der Waals surface area contributed by atoms with Crippen molar-refractivity contribution in [2.75, 3.05) is 6.54 Å². The first kappa shape index (κ1) is 13.2. The Bertz CT molecular complexity index is 489. The Hall–Kier alpha value is -1.20. The third kappa shape index (κ3) is 2.79. The van der Waals surface area contributed by atoms with Crippen molar-refractivity contribution < 1.29 is 0 Å². The van der Waals surface area contributed by atoms with Gasteiger partial charge in [-0.2, -0.15) is 5.10 Å². The van der Waals surface area contributed by atoms with Crippen molar-refractivity contribution in [3.05, 3.63) is 23.3 Å². The SMILES string of the molecule is CCCn1nccc1-c1nc(C(C)NCC)cs1. The summed E-state index contributed by atoms with van der Waals surface area (Å²) in [6, 6.07) is 2.35. The smallest absolute Gasteiger partial charge is 0.141 e. The summed E-state index contributed by atoms with van der Waals surface area (Å²) in [6.07, 6.45) is 2.93. The molecule has 2 aromatic rings. The van der Waals surface area contributed by atoms with E-state index in [9.17, 15) is 0 Å². The maximum Gasteiger partial charge on any atom is 0.141 e. The molecule has 18 heavy (non-hydrogen) atoms. The number of rotatable bonds is 6. The lowest BCUT2D eigenvalue weighted by molar-refractivity contribution is 0.585. The van der Waals surface area contributed by atoms with Crippen LogP contribution in [0.15, 0.2) is 17.6 Å². The molecule has 0 aromatic carbocycles. The maximum absolute atomic E-state index is 4.71. The Morgan fingerprint density at radius 2 is 2.28 bits per heavy atom. The lowest BCUT2D eigenvalue weighted by Gasteiger charge is -2.08. The summed E-state index contributed by atoms with van der Waals surface area (Å²) < 4.78 is 2.03. The van der Waals surface area contributed by atoms with Gasteiger partial charge in [0.15, 0.2) is 0 Å². The van der Waals surface area contributed by atoms with Crippen LogP contribution in [0.1, 0.15) is 38.9 Å². The number of aromatic nitrogens is 3. The lowest BCUT2D eigenvalue weighted by atomic mass is 10.2. The fourth-order valence-electron chi connectivity index (χ4n) is 1.92. The van der Waals surface area contributed by atoms with Gasteiger partial charge in [0.25, 0.3) is 0 Å². The predicted octanol–water partition coefficient (Wildman–Crippen LogP) is 3.09. The van der Waals surface area contributed by atoms with E-state index >= 15 is 0 Å². The second-order valence-electron chi connectivity index (χ2n) is 4.30. The number of thiazole rings is 1. The van der Waals surface area contributed by atoms with Crippen LogP contribution < -0.4 is 5.32 Å². The van der Waals surface area contributed by atoms with Crippen LogP contribution in [-0.2, 0) is 6.54 Å². The summed E-state index contributed by atoms with van der Waals surface area (Å²) in [6.45, 7) is 8.32. The van der Waals surface area contributed by atoms with Gasteiger partial charge >= 0.3 is 0 Å². The fourth-order valence-corrected chi connectivity index (χ4v) is 2.86. The van der Waals surface area contributed by atoms with Crippen LogP contribution in [0, 0.1) is 0 Å². The molecular formula is C13H20N4S. The van der Waals surface area contributed by atoms with Crippen molar-refractivity contribution in [3.8, 4) is 10.7 Å². The minimum Gasteiger partial charge on any atom is -0.309 e. The molecule has 2 heterocycles. The van der Waals surface area contributed by atoms with Crippen LogP contribution >= 0.6 is 11.3 Å². The molecular weight excluding hydrogens is 244 g/mol. The predicted molar refractivity (Wildman–Crippen MR) is 75.7 cm³/mol. The number of hydrogen-bond donors (Lipinski definition) is 1. The van der Waals surface area contributed by atoms with Crippen LogP contribution in [0.5, 0.6) is 0 Å². The van der Waals surface area contributed by atoms with Crippen LogP contribution in [0.25, 0.3) is 10.7 Å². The minimum absolute atomic E-state index is 0.308. The molecule has 0 aliphatic carbocycles. The van der Waals surface area contributed by atoms with E-state index in [1.54, 1.807) is 11.3 Å². The quantitative estimate of drug-likeness (QED) is 0.872. The molecule has 1 N–H and O–H groups in total. The van der Waals surface area contributed by atoms with E-state index in [1.165, 1.54) is 0 Å². The van der Waals surface area contributed by atoms with E-state index in [0.29, 0.717) is 6.04 Å². The summed E-state index contributed by atoms with van der Waals surface area (Å²) >= 11 is 1.69. The van der Waals surface area contributed by atoms with E-state index < -0.39 is 0 Å². The third-order valence-electron chi connectivity index (χ3n) is 2.85. The summed E-state index contributed by atoms with van der Waals surface area (Å²) in [5.74, 6) is 0. The largest absolute Gasteiger partial charge is 0.309 e. The van der Waals surface area contributed by atoms with Crippen LogP contribution in [0.4, 0.5) is 0 Å². The van der Waals surface area contributed by atoms with Gasteiger partial charge in [0.1, 0.15) is 5.01 Å². The molecule has 0 fully saturated rings. The highest BCUT2D eigenvalue weighted by molar-refractivity contribution is 7.13. The number of hydrogen-bond acceptors (Lipinski definition) is 4. The Kier molecular flexibility index (Phi) is 4.49. The zero-order valence-electron chi connectivity index (χ0n) is 11.2. The van der Waals surface area contributed by atoms with Gasteiger partial charge in [-0.25, -0.2) is 4.98 Å². The Balaban J connectivity index is 2.21. The number of aryl methyl sites for hydroxylation is 1. The second kappa shape index (κ2) is 6.11. The normalized spacial score (nSPS) is 12.8. The molecule has 2 rings (SSSR count). The number of nitrogens with one attached hydrogen (secondary N) is 1. The standard InChI is InChI=1S/C13H20N4S/c1-4-8-17-12(6-7-15-17)13-16-11(9-18-13)10(3)14-5-2/h6-7,9-10,14H,4-5,8H2,1-3H3. The molecule has 98 valence electrons. The van der Waals surface area contributed by atoms with E-state index in [0.717, 1.165) is 35.9 Å².